The van der Waals surface area contributed by atoms with E-state index in [2.05, 4.69) is 15.3 Å². The Hall–Kier alpha value is -1.81. The van der Waals surface area contributed by atoms with Crippen LogP contribution in [0.3, 0.4) is 0 Å². The molecule has 0 atom stereocenters. The van der Waals surface area contributed by atoms with E-state index in [1.54, 1.807) is 12.3 Å². The van der Waals surface area contributed by atoms with E-state index in [-0.39, 0.29) is 5.91 Å². The van der Waals surface area contributed by atoms with Crippen LogP contribution in [-0.4, -0.2) is 21.9 Å². The molecule has 0 aromatic carbocycles. The lowest BCUT2D eigenvalue weighted by Crippen LogP contribution is -2.55. The van der Waals surface area contributed by atoms with Crippen LogP contribution >= 0.6 is 11.6 Å². The molecular formula is C20H22ClN3O. The number of hydrogen-bond acceptors (Lipinski definition) is 2. The van der Waals surface area contributed by atoms with Crippen molar-refractivity contribution in [2.45, 2.75) is 38.1 Å². The summed E-state index contributed by atoms with van der Waals surface area (Å²) in [5.74, 6) is 3.24. The molecule has 4 bridgehead atoms. The zero-order valence-corrected chi connectivity index (χ0v) is 14.8. The van der Waals surface area contributed by atoms with Gasteiger partial charge in [0.2, 0.25) is 0 Å². The highest BCUT2D eigenvalue weighted by Gasteiger charge is 2.48. The maximum absolute atomic E-state index is 12.8. The second-order valence-electron chi connectivity index (χ2n) is 8.10. The van der Waals surface area contributed by atoms with Crippen molar-refractivity contribution in [3.05, 3.63) is 41.4 Å². The first-order valence-electron chi connectivity index (χ1n) is 9.27. The highest BCUT2D eigenvalue weighted by Crippen LogP contribution is 2.53. The van der Waals surface area contributed by atoms with Gasteiger partial charge < -0.3 is 10.3 Å². The fourth-order valence-corrected chi connectivity index (χ4v) is 5.74. The van der Waals surface area contributed by atoms with Crippen LogP contribution in [0.4, 0.5) is 0 Å². The molecule has 4 nitrogen and oxygen atoms in total. The SMILES string of the molecule is O=C(NC1C2CC3CC(C2)CC1C3)c1cc(-c2ccc(Cl)nc2)c[nH]1. The van der Waals surface area contributed by atoms with Crippen LogP contribution in [0.5, 0.6) is 0 Å². The topological polar surface area (TPSA) is 57.8 Å². The third kappa shape index (κ3) is 2.77. The zero-order chi connectivity index (χ0) is 17.0. The minimum Gasteiger partial charge on any atom is -0.357 e. The monoisotopic (exact) mass is 355 g/mol. The molecule has 4 aliphatic rings. The molecule has 4 fully saturated rings. The maximum atomic E-state index is 12.8. The van der Waals surface area contributed by atoms with Gasteiger partial charge in [-0.3, -0.25) is 4.79 Å². The Balaban J connectivity index is 1.31. The number of aromatic nitrogens is 2. The van der Waals surface area contributed by atoms with E-state index in [1.807, 2.05) is 18.3 Å². The second kappa shape index (κ2) is 5.87. The number of aromatic amines is 1. The molecule has 0 unspecified atom stereocenters. The summed E-state index contributed by atoms with van der Waals surface area (Å²) in [6.45, 7) is 0. The Kier molecular flexibility index (Phi) is 3.63. The second-order valence-corrected chi connectivity index (χ2v) is 8.49. The minimum absolute atomic E-state index is 0.0191. The largest absolute Gasteiger partial charge is 0.357 e. The molecule has 2 N–H and O–H groups in total. The number of rotatable bonds is 3. The number of pyridine rings is 1. The molecule has 6 rings (SSSR count). The number of carbonyl (C=O) groups is 1. The average Bonchev–Trinajstić information content (AvgIpc) is 3.08. The van der Waals surface area contributed by atoms with Crippen molar-refractivity contribution in [1.82, 2.24) is 15.3 Å². The fraction of sp³-hybridized carbons (Fsp3) is 0.500. The number of halogens is 1. The Labute approximate surface area is 152 Å². The molecule has 5 heteroatoms. The molecule has 130 valence electrons. The summed E-state index contributed by atoms with van der Waals surface area (Å²) < 4.78 is 0. The summed E-state index contributed by atoms with van der Waals surface area (Å²) in [5, 5.41) is 3.82. The van der Waals surface area contributed by atoms with Gasteiger partial charge in [-0.25, -0.2) is 4.98 Å². The molecule has 4 saturated carbocycles. The third-order valence-electron chi connectivity index (χ3n) is 6.51. The highest BCUT2D eigenvalue weighted by molar-refractivity contribution is 6.29. The van der Waals surface area contributed by atoms with E-state index in [0.717, 1.165) is 23.0 Å². The van der Waals surface area contributed by atoms with E-state index >= 15 is 0 Å². The molecule has 2 heterocycles. The molecule has 2 aromatic rings. The van der Waals surface area contributed by atoms with Gasteiger partial charge in [0, 0.05) is 29.6 Å². The molecule has 1 amide bonds. The van der Waals surface area contributed by atoms with Crippen molar-refractivity contribution in [2.75, 3.05) is 0 Å². The van der Waals surface area contributed by atoms with Crippen molar-refractivity contribution in [3.63, 3.8) is 0 Å². The fourth-order valence-electron chi connectivity index (χ4n) is 5.63. The van der Waals surface area contributed by atoms with Gasteiger partial charge in [0.25, 0.3) is 5.91 Å². The van der Waals surface area contributed by atoms with Crippen LogP contribution < -0.4 is 5.32 Å². The summed E-state index contributed by atoms with van der Waals surface area (Å²) >= 11 is 5.84. The van der Waals surface area contributed by atoms with Crippen LogP contribution in [0.2, 0.25) is 5.15 Å². The zero-order valence-electron chi connectivity index (χ0n) is 14.0. The number of nitrogens with one attached hydrogen (secondary N) is 2. The molecule has 0 spiro atoms. The van der Waals surface area contributed by atoms with Gasteiger partial charge in [0.15, 0.2) is 0 Å². The number of H-pyrrole nitrogens is 1. The summed E-state index contributed by atoms with van der Waals surface area (Å²) in [4.78, 5) is 20.0. The lowest BCUT2D eigenvalue weighted by atomic mass is 9.54. The van der Waals surface area contributed by atoms with Gasteiger partial charge >= 0.3 is 0 Å². The Morgan fingerprint density at radius 1 is 1.08 bits per heavy atom. The standard InChI is InChI=1S/C20H22ClN3O/c21-18-2-1-13(9-23-18)16-8-17(22-10-16)20(25)24-19-14-4-11-3-12(6-14)7-15(19)5-11/h1-2,8-12,14-15,19,22H,3-7H2,(H,24,25). The molecular weight excluding hydrogens is 334 g/mol. The Morgan fingerprint density at radius 2 is 1.80 bits per heavy atom. The van der Waals surface area contributed by atoms with Gasteiger partial charge in [-0.1, -0.05) is 11.6 Å². The minimum atomic E-state index is 0.0191. The van der Waals surface area contributed by atoms with Gasteiger partial charge in [-0.2, -0.15) is 0 Å². The first-order valence-corrected chi connectivity index (χ1v) is 9.64. The van der Waals surface area contributed by atoms with E-state index in [9.17, 15) is 4.79 Å². The van der Waals surface area contributed by atoms with E-state index in [1.165, 1.54) is 32.1 Å². The molecule has 0 radical (unpaired) electrons. The number of carbonyl (C=O) groups excluding carboxylic acids is 1. The summed E-state index contributed by atoms with van der Waals surface area (Å²) in [6, 6.07) is 5.94. The van der Waals surface area contributed by atoms with E-state index in [0.29, 0.717) is 28.7 Å². The van der Waals surface area contributed by atoms with Crippen LogP contribution in [0.15, 0.2) is 30.6 Å². The predicted molar refractivity (Wildman–Crippen MR) is 97.3 cm³/mol. The van der Waals surface area contributed by atoms with Crippen LogP contribution in [-0.2, 0) is 0 Å². The van der Waals surface area contributed by atoms with Crippen LogP contribution in [0.25, 0.3) is 11.1 Å². The lowest BCUT2D eigenvalue weighted by Gasteiger charge is -2.54. The molecule has 0 aliphatic heterocycles. The number of hydrogen-bond donors (Lipinski definition) is 2. The number of nitrogens with zero attached hydrogens (tertiary/aromatic N) is 1. The molecule has 2 aromatic heterocycles. The summed E-state index contributed by atoms with van der Waals surface area (Å²) in [5.41, 5.74) is 2.53. The first kappa shape index (κ1) is 15.4. The molecule has 25 heavy (non-hydrogen) atoms. The number of amides is 1. The van der Waals surface area contributed by atoms with Crippen LogP contribution in [0.1, 0.15) is 42.6 Å². The van der Waals surface area contributed by atoms with Crippen molar-refractivity contribution in [2.24, 2.45) is 23.7 Å². The maximum Gasteiger partial charge on any atom is 0.267 e. The van der Waals surface area contributed by atoms with Gasteiger partial charge in [-0.05, 0) is 74.0 Å². The van der Waals surface area contributed by atoms with Crippen molar-refractivity contribution in [3.8, 4) is 11.1 Å². The average molecular weight is 356 g/mol. The van der Waals surface area contributed by atoms with Crippen molar-refractivity contribution < 1.29 is 4.79 Å². The predicted octanol–water partition coefficient (Wildman–Crippen LogP) is 4.28. The normalized spacial score (nSPS) is 32.8. The van der Waals surface area contributed by atoms with E-state index < -0.39 is 0 Å². The molecule has 0 saturated heterocycles. The Bertz CT molecular complexity index is 770. The first-order chi connectivity index (χ1) is 12.2. The van der Waals surface area contributed by atoms with Gasteiger partial charge in [-0.15, -0.1) is 0 Å². The van der Waals surface area contributed by atoms with Crippen molar-refractivity contribution in [1.29, 1.82) is 0 Å². The lowest BCUT2D eigenvalue weighted by molar-refractivity contribution is -0.0120. The smallest absolute Gasteiger partial charge is 0.267 e. The molecule has 4 aliphatic carbocycles. The van der Waals surface area contributed by atoms with Crippen molar-refractivity contribution >= 4 is 17.5 Å². The Morgan fingerprint density at radius 3 is 2.44 bits per heavy atom. The van der Waals surface area contributed by atoms with E-state index in [4.69, 9.17) is 11.6 Å². The summed E-state index contributed by atoms with van der Waals surface area (Å²) in [7, 11) is 0. The van der Waals surface area contributed by atoms with Crippen LogP contribution in [0, 0.1) is 23.7 Å². The van der Waals surface area contributed by atoms with Gasteiger partial charge in [0.05, 0.1) is 0 Å². The highest BCUT2D eigenvalue weighted by atomic mass is 35.5. The third-order valence-corrected chi connectivity index (χ3v) is 6.74. The quantitative estimate of drug-likeness (QED) is 0.807. The van der Waals surface area contributed by atoms with Gasteiger partial charge in [0.1, 0.15) is 10.8 Å². The summed E-state index contributed by atoms with van der Waals surface area (Å²) in [6.07, 6.45) is 10.3.